The third-order valence-electron chi connectivity index (χ3n) is 4.79. The van der Waals surface area contributed by atoms with Crippen molar-refractivity contribution in [2.24, 2.45) is 0 Å². The van der Waals surface area contributed by atoms with Crippen LogP contribution in [0.1, 0.15) is 35.7 Å². The van der Waals surface area contributed by atoms with Crippen LogP contribution in [0.3, 0.4) is 0 Å². The van der Waals surface area contributed by atoms with Gasteiger partial charge in [-0.05, 0) is 61.6 Å². The zero-order valence-corrected chi connectivity index (χ0v) is 16.6. The number of aromatic nitrogens is 1. The van der Waals surface area contributed by atoms with Crippen molar-refractivity contribution in [1.82, 2.24) is 9.71 Å². The van der Waals surface area contributed by atoms with Crippen molar-refractivity contribution in [2.45, 2.75) is 37.1 Å². The van der Waals surface area contributed by atoms with Gasteiger partial charge in [0.1, 0.15) is 5.01 Å². The number of nitrogens with zero attached hydrogens (tertiary/aromatic N) is 1. The van der Waals surface area contributed by atoms with E-state index < -0.39 is 10.0 Å². The van der Waals surface area contributed by atoms with E-state index in [-0.39, 0.29) is 10.9 Å². The van der Waals surface area contributed by atoms with Crippen LogP contribution in [0.4, 0.5) is 5.69 Å². The Balaban J connectivity index is 1.64. The van der Waals surface area contributed by atoms with E-state index in [4.69, 9.17) is 5.73 Å². The number of hydrogen-bond acceptors (Lipinski definition) is 5. The number of hydrogen-bond donors (Lipinski definition) is 2. The number of rotatable bonds is 4. The molecule has 4 rings (SSSR count). The lowest BCUT2D eigenvalue weighted by Crippen LogP contribution is -2.31. The molecule has 1 atom stereocenters. The SMILES string of the molecule is Cc1csc(-c2cccc(S(=O)(=O)NC3CCCc4cc(N)ccc43)c2)n1. The number of sulfonamides is 1. The number of nitrogen functional groups attached to an aromatic ring is 1. The highest BCUT2D eigenvalue weighted by molar-refractivity contribution is 7.89. The summed E-state index contributed by atoms with van der Waals surface area (Å²) < 4.78 is 28.9. The van der Waals surface area contributed by atoms with Crippen LogP contribution in [0.5, 0.6) is 0 Å². The number of fused-ring (bicyclic) bond motifs is 1. The summed E-state index contributed by atoms with van der Waals surface area (Å²) in [5, 5.41) is 2.78. The van der Waals surface area contributed by atoms with Gasteiger partial charge in [-0.2, -0.15) is 0 Å². The number of anilines is 1. The minimum Gasteiger partial charge on any atom is -0.399 e. The lowest BCUT2D eigenvalue weighted by molar-refractivity contribution is 0.507. The maximum Gasteiger partial charge on any atom is 0.241 e. The molecule has 0 fully saturated rings. The Hall–Kier alpha value is -2.22. The fraction of sp³-hybridized carbons (Fsp3) is 0.250. The van der Waals surface area contributed by atoms with Crippen molar-refractivity contribution in [3.63, 3.8) is 0 Å². The first-order chi connectivity index (χ1) is 12.9. The molecule has 3 N–H and O–H groups in total. The zero-order chi connectivity index (χ0) is 19.0. The Labute approximate surface area is 163 Å². The molecule has 1 heterocycles. The molecule has 5 nitrogen and oxygen atoms in total. The Bertz CT molecular complexity index is 1090. The molecule has 1 unspecified atom stereocenters. The number of nitrogens with two attached hydrogens (primary N) is 1. The summed E-state index contributed by atoms with van der Waals surface area (Å²) in [5.41, 5.74) is 10.5. The average molecular weight is 400 g/mol. The summed E-state index contributed by atoms with van der Waals surface area (Å²) in [6.45, 7) is 1.93. The molecule has 3 aromatic rings. The Morgan fingerprint density at radius 2 is 2.07 bits per heavy atom. The van der Waals surface area contributed by atoms with Crippen molar-refractivity contribution >= 4 is 27.0 Å². The topological polar surface area (TPSA) is 85.1 Å². The van der Waals surface area contributed by atoms with Crippen LogP contribution in [0.15, 0.2) is 52.7 Å². The van der Waals surface area contributed by atoms with Gasteiger partial charge in [0.2, 0.25) is 10.0 Å². The van der Waals surface area contributed by atoms with E-state index in [2.05, 4.69) is 9.71 Å². The largest absolute Gasteiger partial charge is 0.399 e. The van der Waals surface area contributed by atoms with Gasteiger partial charge in [0.15, 0.2) is 0 Å². The molecule has 1 aliphatic rings. The average Bonchev–Trinajstić information content (AvgIpc) is 3.08. The molecular formula is C20H21N3O2S2. The van der Waals surface area contributed by atoms with Crippen LogP contribution in [-0.2, 0) is 16.4 Å². The quantitative estimate of drug-likeness (QED) is 0.648. The number of thiazole rings is 1. The van der Waals surface area contributed by atoms with Crippen LogP contribution in [0.2, 0.25) is 0 Å². The summed E-state index contributed by atoms with van der Waals surface area (Å²) in [4.78, 5) is 4.71. The minimum absolute atomic E-state index is 0.231. The molecule has 0 spiro atoms. The summed E-state index contributed by atoms with van der Waals surface area (Å²) in [7, 11) is -3.64. The van der Waals surface area contributed by atoms with Gasteiger partial charge in [0, 0.05) is 28.4 Å². The third kappa shape index (κ3) is 3.76. The molecule has 1 aliphatic carbocycles. The molecule has 27 heavy (non-hydrogen) atoms. The van der Waals surface area contributed by atoms with E-state index >= 15 is 0 Å². The van der Waals surface area contributed by atoms with Gasteiger partial charge in [-0.3, -0.25) is 0 Å². The van der Waals surface area contributed by atoms with Crippen molar-refractivity contribution in [3.05, 3.63) is 64.7 Å². The lowest BCUT2D eigenvalue weighted by atomic mass is 9.88. The predicted octanol–water partition coefficient (Wildman–Crippen LogP) is 4.06. The molecule has 0 saturated heterocycles. The van der Waals surface area contributed by atoms with Crippen molar-refractivity contribution < 1.29 is 8.42 Å². The Morgan fingerprint density at radius 1 is 1.22 bits per heavy atom. The van der Waals surface area contributed by atoms with Gasteiger partial charge in [-0.1, -0.05) is 18.2 Å². The molecule has 140 valence electrons. The Morgan fingerprint density at radius 3 is 2.85 bits per heavy atom. The van der Waals surface area contributed by atoms with Crippen LogP contribution in [-0.4, -0.2) is 13.4 Å². The van der Waals surface area contributed by atoms with Gasteiger partial charge in [-0.25, -0.2) is 18.1 Å². The van der Waals surface area contributed by atoms with Crippen LogP contribution in [0.25, 0.3) is 10.6 Å². The molecule has 7 heteroatoms. The summed E-state index contributed by atoms with van der Waals surface area (Å²) >= 11 is 1.51. The van der Waals surface area contributed by atoms with Crippen molar-refractivity contribution in [2.75, 3.05) is 5.73 Å². The summed E-state index contributed by atoms with van der Waals surface area (Å²) in [6.07, 6.45) is 2.64. The molecule has 1 aromatic heterocycles. The summed E-state index contributed by atoms with van der Waals surface area (Å²) in [6, 6.07) is 12.4. The van der Waals surface area contributed by atoms with Gasteiger partial charge < -0.3 is 5.73 Å². The van der Waals surface area contributed by atoms with E-state index in [1.807, 2.05) is 36.6 Å². The van der Waals surface area contributed by atoms with Gasteiger partial charge in [0.25, 0.3) is 0 Å². The van der Waals surface area contributed by atoms with E-state index in [0.29, 0.717) is 5.69 Å². The first-order valence-corrected chi connectivity index (χ1v) is 11.2. The van der Waals surface area contributed by atoms with Crippen molar-refractivity contribution in [3.8, 4) is 10.6 Å². The van der Waals surface area contributed by atoms with E-state index in [1.54, 1.807) is 18.2 Å². The van der Waals surface area contributed by atoms with Crippen molar-refractivity contribution in [1.29, 1.82) is 0 Å². The predicted molar refractivity (Wildman–Crippen MR) is 109 cm³/mol. The fourth-order valence-electron chi connectivity index (χ4n) is 3.49. The molecular weight excluding hydrogens is 378 g/mol. The molecule has 0 amide bonds. The second-order valence-electron chi connectivity index (χ2n) is 6.85. The van der Waals surface area contributed by atoms with E-state index in [1.165, 1.54) is 11.3 Å². The molecule has 0 bridgehead atoms. The van der Waals surface area contributed by atoms with E-state index in [0.717, 1.165) is 46.7 Å². The second kappa shape index (κ2) is 7.07. The first-order valence-electron chi connectivity index (χ1n) is 8.85. The van der Waals surface area contributed by atoms with Gasteiger partial charge >= 0.3 is 0 Å². The number of nitrogens with one attached hydrogen (secondary N) is 1. The number of aryl methyl sites for hydroxylation is 2. The minimum atomic E-state index is -3.64. The Kier molecular flexibility index (Phi) is 4.75. The standard InChI is InChI=1S/C20H21N3O2S2/c1-13-12-26-20(22-13)15-5-2-6-17(11-15)27(24,25)23-19-7-3-4-14-10-16(21)8-9-18(14)19/h2,5-6,8-12,19,23H,3-4,7,21H2,1H3. The zero-order valence-electron chi connectivity index (χ0n) is 15.0. The highest BCUT2D eigenvalue weighted by Gasteiger charge is 2.26. The van der Waals surface area contributed by atoms with E-state index in [9.17, 15) is 8.42 Å². The molecule has 0 radical (unpaired) electrons. The maximum absolute atomic E-state index is 13.0. The van der Waals surface area contributed by atoms with Crippen LogP contribution in [0, 0.1) is 6.92 Å². The smallest absolute Gasteiger partial charge is 0.241 e. The molecule has 2 aromatic carbocycles. The normalized spacial score (nSPS) is 16.9. The molecule has 0 saturated carbocycles. The second-order valence-corrected chi connectivity index (χ2v) is 9.42. The summed E-state index contributed by atoms with van der Waals surface area (Å²) in [5.74, 6) is 0. The van der Waals surface area contributed by atoms with Gasteiger partial charge in [-0.15, -0.1) is 11.3 Å². The monoisotopic (exact) mass is 399 g/mol. The van der Waals surface area contributed by atoms with Crippen LogP contribution >= 0.6 is 11.3 Å². The lowest BCUT2D eigenvalue weighted by Gasteiger charge is -2.26. The first kappa shape index (κ1) is 18.2. The van der Waals surface area contributed by atoms with Gasteiger partial charge in [0.05, 0.1) is 4.90 Å². The maximum atomic E-state index is 13.0. The molecule has 0 aliphatic heterocycles. The highest BCUT2D eigenvalue weighted by Crippen LogP contribution is 2.33. The van der Waals surface area contributed by atoms with Crippen LogP contribution < -0.4 is 10.5 Å². The third-order valence-corrected chi connectivity index (χ3v) is 7.27. The number of benzene rings is 2. The highest BCUT2D eigenvalue weighted by atomic mass is 32.2. The fourth-order valence-corrected chi connectivity index (χ4v) is 5.58.